The number of rotatable bonds is 3. The Hall–Kier alpha value is -0.820. The second-order valence-electron chi connectivity index (χ2n) is 2.62. The molecule has 0 fully saturated rings. The molecule has 0 atom stereocenters. The zero-order valence-corrected chi connectivity index (χ0v) is 9.13. The van der Waals surface area contributed by atoms with E-state index in [4.69, 9.17) is 4.74 Å². The third kappa shape index (κ3) is 5.42. The molecule has 0 amide bonds. The van der Waals surface area contributed by atoms with E-state index in [-0.39, 0.29) is 0 Å². The van der Waals surface area contributed by atoms with Gasteiger partial charge in [0.15, 0.2) is 0 Å². The summed E-state index contributed by atoms with van der Waals surface area (Å²) in [5.74, 6) is 0. The smallest absolute Gasteiger partial charge is 0.0716 e. The average molecular weight is 180 g/mol. The Morgan fingerprint density at radius 1 is 1.08 bits per heavy atom. The first kappa shape index (κ1) is 12.2. The minimum atomic E-state index is 0.733. The fraction of sp³-hybridized carbons (Fsp3) is 0.500. The van der Waals surface area contributed by atoms with Gasteiger partial charge in [0, 0.05) is 6.61 Å². The lowest BCUT2D eigenvalue weighted by Crippen LogP contribution is -1.90. The van der Waals surface area contributed by atoms with Gasteiger partial charge < -0.3 is 4.74 Å². The van der Waals surface area contributed by atoms with Gasteiger partial charge in [-0.1, -0.05) is 43.7 Å². The predicted molar refractivity (Wildman–Crippen MR) is 57.9 cm³/mol. The molecule has 0 N–H and O–H groups in total. The van der Waals surface area contributed by atoms with Crippen LogP contribution < -0.4 is 0 Å². The number of ether oxygens (including phenoxy) is 1. The summed E-state index contributed by atoms with van der Waals surface area (Å²) in [5.41, 5.74) is 2.54. The highest BCUT2D eigenvalue weighted by Crippen LogP contribution is 2.03. The molecule has 1 aromatic carbocycles. The van der Waals surface area contributed by atoms with Crippen molar-refractivity contribution in [1.82, 2.24) is 0 Å². The second-order valence-corrected chi connectivity index (χ2v) is 2.62. The van der Waals surface area contributed by atoms with Crippen LogP contribution in [0.25, 0.3) is 0 Å². The van der Waals surface area contributed by atoms with E-state index in [1.54, 1.807) is 0 Å². The Bertz CT molecular complexity index is 201. The number of hydrogen-bond acceptors (Lipinski definition) is 1. The molecule has 0 saturated carbocycles. The van der Waals surface area contributed by atoms with E-state index in [1.165, 1.54) is 11.1 Å². The van der Waals surface area contributed by atoms with Crippen LogP contribution >= 0.6 is 0 Å². The molecular formula is C12H20O. The van der Waals surface area contributed by atoms with Gasteiger partial charge in [-0.15, -0.1) is 0 Å². The second kappa shape index (κ2) is 7.81. The summed E-state index contributed by atoms with van der Waals surface area (Å²) in [7, 11) is 0. The van der Waals surface area contributed by atoms with Crippen molar-refractivity contribution < 1.29 is 4.74 Å². The molecule has 0 unspecified atom stereocenters. The van der Waals surface area contributed by atoms with E-state index >= 15 is 0 Å². The Morgan fingerprint density at radius 3 is 2.08 bits per heavy atom. The molecule has 74 valence electrons. The molecule has 0 bridgehead atoms. The molecule has 0 aliphatic carbocycles. The van der Waals surface area contributed by atoms with Crippen molar-refractivity contribution in [2.24, 2.45) is 0 Å². The molecule has 1 aromatic rings. The predicted octanol–water partition coefficient (Wildman–Crippen LogP) is 3.56. The standard InChI is InChI=1S/C10H14O.C2H6/c1-3-11-8-10-6-4-9(2)5-7-10;1-2/h4-7H,3,8H2,1-2H3;1-2H3. The first-order valence-electron chi connectivity index (χ1n) is 4.96. The summed E-state index contributed by atoms with van der Waals surface area (Å²) in [6.07, 6.45) is 0. The van der Waals surface area contributed by atoms with E-state index in [0.717, 1.165) is 13.2 Å². The van der Waals surface area contributed by atoms with E-state index in [2.05, 4.69) is 31.2 Å². The molecule has 0 radical (unpaired) electrons. The number of aryl methyl sites for hydroxylation is 1. The van der Waals surface area contributed by atoms with E-state index in [1.807, 2.05) is 20.8 Å². The minimum Gasteiger partial charge on any atom is -0.377 e. The molecule has 0 aliphatic rings. The van der Waals surface area contributed by atoms with E-state index in [9.17, 15) is 0 Å². The summed E-state index contributed by atoms with van der Waals surface area (Å²) in [4.78, 5) is 0. The summed E-state index contributed by atoms with van der Waals surface area (Å²) in [6, 6.07) is 8.42. The summed E-state index contributed by atoms with van der Waals surface area (Å²) >= 11 is 0. The largest absolute Gasteiger partial charge is 0.377 e. The van der Waals surface area contributed by atoms with Crippen LogP contribution in [-0.4, -0.2) is 6.61 Å². The maximum Gasteiger partial charge on any atom is 0.0716 e. The van der Waals surface area contributed by atoms with Gasteiger partial charge in [0.25, 0.3) is 0 Å². The fourth-order valence-corrected chi connectivity index (χ4v) is 0.904. The van der Waals surface area contributed by atoms with Crippen LogP contribution in [0.5, 0.6) is 0 Å². The zero-order valence-electron chi connectivity index (χ0n) is 9.13. The van der Waals surface area contributed by atoms with Crippen molar-refractivity contribution in [1.29, 1.82) is 0 Å². The molecule has 0 aliphatic heterocycles. The Balaban J connectivity index is 0.000000671. The van der Waals surface area contributed by atoms with Gasteiger partial charge in [-0.05, 0) is 19.4 Å². The van der Waals surface area contributed by atoms with Gasteiger partial charge in [0.05, 0.1) is 6.61 Å². The van der Waals surface area contributed by atoms with E-state index < -0.39 is 0 Å². The highest BCUT2D eigenvalue weighted by molar-refractivity contribution is 5.20. The van der Waals surface area contributed by atoms with Gasteiger partial charge in [0.1, 0.15) is 0 Å². The van der Waals surface area contributed by atoms with Crippen LogP contribution in [-0.2, 0) is 11.3 Å². The molecule has 1 nitrogen and oxygen atoms in total. The topological polar surface area (TPSA) is 9.23 Å². The van der Waals surface area contributed by atoms with E-state index in [0.29, 0.717) is 0 Å². The summed E-state index contributed by atoms with van der Waals surface area (Å²) in [5, 5.41) is 0. The molecule has 1 rings (SSSR count). The molecule has 0 aromatic heterocycles. The third-order valence-electron chi connectivity index (χ3n) is 1.59. The highest BCUT2D eigenvalue weighted by atomic mass is 16.5. The lowest BCUT2D eigenvalue weighted by Gasteiger charge is -2.00. The van der Waals surface area contributed by atoms with Crippen LogP contribution in [0.15, 0.2) is 24.3 Å². The van der Waals surface area contributed by atoms with Crippen molar-refractivity contribution in [3.63, 3.8) is 0 Å². The monoisotopic (exact) mass is 180 g/mol. The SMILES string of the molecule is CC.CCOCc1ccc(C)cc1. The lowest BCUT2D eigenvalue weighted by atomic mass is 10.2. The first-order valence-corrected chi connectivity index (χ1v) is 4.96. The van der Waals surface area contributed by atoms with Crippen molar-refractivity contribution >= 4 is 0 Å². The number of hydrogen-bond donors (Lipinski definition) is 0. The van der Waals surface area contributed by atoms with Crippen LogP contribution in [0.4, 0.5) is 0 Å². The van der Waals surface area contributed by atoms with Crippen LogP contribution in [0.2, 0.25) is 0 Å². The summed E-state index contributed by atoms with van der Waals surface area (Å²) in [6.45, 7) is 9.61. The molecule has 0 saturated heterocycles. The quantitative estimate of drug-likeness (QED) is 0.691. The van der Waals surface area contributed by atoms with Gasteiger partial charge in [-0.3, -0.25) is 0 Å². The van der Waals surface area contributed by atoms with Crippen molar-refractivity contribution in [3.05, 3.63) is 35.4 Å². The summed E-state index contributed by atoms with van der Waals surface area (Å²) < 4.78 is 5.26. The zero-order chi connectivity index (χ0) is 10.1. The third-order valence-corrected chi connectivity index (χ3v) is 1.59. The van der Waals surface area contributed by atoms with Gasteiger partial charge in [0.2, 0.25) is 0 Å². The van der Waals surface area contributed by atoms with Crippen LogP contribution in [0.3, 0.4) is 0 Å². The average Bonchev–Trinajstić information content (AvgIpc) is 2.20. The molecule has 0 heterocycles. The maximum absolute atomic E-state index is 5.26. The molecule has 1 heteroatoms. The maximum atomic E-state index is 5.26. The Morgan fingerprint density at radius 2 is 1.62 bits per heavy atom. The highest BCUT2D eigenvalue weighted by Gasteiger charge is 1.89. The molecule has 13 heavy (non-hydrogen) atoms. The lowest BCUT2D eigenvalue weighted by molar-refractivity contribution is 0.134. The Labute approximate surface area is 81.7 Å². The van der Waals surface area contributed by atoms with Gasteiger partial charge in [-0.2, -0.15) is 0 Å². The van der Waals surface area contributed by atoms with Crippen molar-refractivity contribution in [2.75, 3.05) is 6.61 Å². The molecule has 0 spiro atoms. The number of benzene rings is 1. The van der Waals surface area contributed by atoms with Crippen LogP contribution in [0.1, 0.15) is 31.9 Å². The van der Waals surface area contributed by atoms with Gasteiger partial charge in [-0.25, -0.2) is 0 Å². The first-order chi connectivity index (χ1) is 6.33. The van der Waals surface area contributed by atoms with Crippen molar-refractivity contribution in [2.45, 2.75) is 34.3 Å². The normalized spacial score (nSPS) is 8.92. The molecular weight excluding hydrogens is 160 g/mol. The van der Waals surface area contributed by atoms with Crippen LogP contribution in [0, 0.1) is 6.92 Å². The Kier molecular flexibility index (Phi) is 7.32. The van der Waals surface area contributed by atoms with Crippen molar-refractivity contribution in [3.8, 4) is 0 Å². The van der Waals surface area contributed by atoms with Gasteiger partial charge >= 0.3 is 0 Å². The minimum absolute atomic E-state index is 0.733. The fourth-order valence-electron chi connectivity index (χ4n) is 0.904.